The number of hydrogen-bond donors (Lipinski definition) is 2. The van der Waals surface area contributed by atoms with Crippen LogP contribution >= 0.6 is 11.3 Å². The van der Waals surface area contributed by atoms with Crippen LogP contribution in [-0.2, 0) is 24.1 Å². The summed E-state index contributed by atoms with van der Waals surface area (Å²) in [7, 11) is 0. The molecular weight excluding hydrogens is 308 g/mol. The number of benzene rings is 1. The summed E-state index contributed by atoms with van der Waals surface area (Å²) in [6.07, 6.45) is 6.11. The topological polar surface area (TPSA) is 70.7 Å². The Morgan fingerprint density at radius 1 is 1.22 bits per heavy atom. The Kier molecular flexibility index (Phi) is 3.83. The molecule has 0 spiro atoms. The van der Waals surface area contributed by atoms with E-state index in [1.807, 2.05) is 24.3 Å². The summed E-state index contributed by atoms with van der Waals surface area (Å²) in [6, 6.07) is 7.81. The second-order valence-corrected chi connectivity index (χ2v) is 6.98. The first kappa shape index (κ1) is 14.4. The predicted molar refractivity (Wildman–Crippen MR) is 91.8 cm³/mol. The average Bonchev–Trinajstić information content (AvgIpc) is 3.05. The highest BCUT2D eigenvalue weighted by Crippen LogP contribution is 2.29. The smallest absolute Gasteiger partial charge is 0.232 e. The number of aromatic nitrogens is 3. The molecule has 0 fully saturated rings. The number of anilines is 1. The Labute approximate surface area is 138 Å². The van der Waals surface area contributed by atoms with Crippen molar-refractivity contribution < 1.29 is 4.79 Å². The lowest BCUT2D eigenvalue weighted by Crippen LogP contribution is -2.14. The van der Waals surface area contributed by atoms with Gasteiger partial charge in [0.15, 0.2) is 5.13 Å². The molecule has 1 amide bonds. The first-order chi connectivity index (χ1) is 11.3. The van der Waals surface area contributed by atoms with E-state index in [1.54, 1.807) is 11.3 Å². The molecule has 0 aliphatic heterocycles. The van der Waals surface area contributed by atoms with Crippen LogP contribution in [0.4, 0.5) is 5.13 Å². The Hall–Kier alpha value is -2.21. The monoisotopic (exact) mass is 326 g/mol. The molecule has 1 aliphatic carbocycles. The van der Waals surface area contributed by atoms with Gasteiger partial charge in [0.1, 0.15) is 0 Å². The molecule has 4 rings (SSSR count). The molecule has 2 N–H and O–H groups in total. The number of para-hydroxylation sites is 1. The zero-order valence-electron chi connectivity index (χ0n) is 12.8. The molecule has 0 saturated heterocycles. The predicted octanol–water partition coefficient (Wildman–Crippen LogP) is 3.47. The van der Waals surface area contributed by atoms with Crippen LogP contribution in [0.3, 0.4) is 0 Å². The van der Waals surface area contributed by atoms with Gasteiger partial charge in [0.25, 0.3) is 0 Å². The SMILES string of the molecule is O=C(Cc1[nH]nc2ccccc12)Nc1nc2c(s1)CCCCC2. The summed E-state index contributed by atoms with van der Waals surface area (Å²) >= 11 is 1.62. The third kappa shape index (κ3) is 2.99. The molecule has 6 heteroatoms. The molecule has 0 radical (unpaired) electrons. The van der Waals surface area contributed by atoms with E-state index in [-0.39, 0.29) is 12.3 Å². The number of thiazole rings is 1. The maximum absolute atomic E-state index is 12.3. The summed E-state index contributed by atoms with van der Waals surface area (Å²) < 4.78 is 0. The number of amides is 1. The molecule has 1 aliphatic rings. The average molecular weight is 326 g/mol. The summed E-state index contributed by atoms with van der Waals surface area (Å²) in [4.78, 5) is 18.3. The molecule has 23 heavy (non-hydrogen) atoms. The van der Waals surface area contributed by atoms with E-state index in [9.17, 15) is 4.79 Å². The van der Waals surface area contributed by atoms with E-state index in [2.05, 4.69) is 20.5 Å². The fourth-order valence-electron chi connectivity index (χ4n) is 3.06. The molecule has 1 aromatic carbocycles. The minimum Gasteiger partial charge on any atom is -0.302 e. The Morgan fingerprint density at radius 2 is 2.09 bits per heavy atom. The van der Waals surface area contributed by atoms with E-state index in [0.717, 1.165) is 34.6 Å². The van der Waals surface area contributed by atoms with Gasteiger partial charge >= 0.3 is 0 Å². The number of fused-ring (bicyclic) bond motifs is 2. The highest BCUT2D eigenvalue weighted by molar-refractivity contribution is 7.15. The van der Waals surface area contributed by atoms with Gasteiger partial charge in [-0.25, -0.2) is 4.98 Å². The minimum absolute atomic E-state index is 0.0525. The Bertz CT molecular complexity index is 828. The summed E-state index contributed by atoms with van der Waals surface area (Å²) in [5.74, 6) is -0.0525. The molecule has 2 heterocycles. The van der Waals surface area contributed by atoms with Crippen LogP contribution in [0.25, 0.3) is 10.9 Å². The third-order valence-electron chi connectivity index (χ3n) is 4.22. The second-order valence-electron chi connectivity index (χ2n) is 5.89. The number of nitrogens with zero attached hydrogens (tertiary/aromatic N) is 2. The minimum atomic E-state index is -0.0525. The third-order valence-corrected chi connectivity index (χ3v) is 5.29. The van der Waals surface area contributed by atoms with Crippen molar-refractivity contribution in [1.82, 2.24) is 15.2 Å². The van der Waals surface area contributed by atoms with Crippen molar-refractivity contribution in [3.05, 3.63) is 40.5 Å². The van der Waals surface area contributed by atoms with Crippen LogP contribution in [0.5, 0.6) is 0 Å². The molecule has 118 valence electrons. The lowest BCUT2D eigenvalue weighted by molar-refractivity contribution is -0.115. The summed E-state index contributed by atoms with van der Waals surface area (Å²) in [6.45, 7) is 0. The van der Waals surface area contributed by atoms with Gasteiger partial charge in [-0.1, -0.05) is 24.6 Å². The van der Waals surface area contributed by atoms with Crippen molar-refractivity contribution in [1.29, 1.82) is 0 Å². The van der Waals surface area contributed by atoms with Gasteiger partial charge in [0, 0.05) is 10.3 Å². The lowest BCUT2D eigenvalue weighted by Gasteiger charge is -2.00. The van der Waals surface area contributed by atoms with Gasteiger partial charge in [0.05, 0.1) is 23.3 Å². The second kappa shape index (κ2) is 6.12. The number of carbonyl (C=O) groups excluding carboxylic acids is 1. The number of carbonyl (C=O) groups is 1. The van der Waals surface area contributed by atoms with Gasteiger partial charge in [-0.2, -0.15) is 5.10 Å². The van der Waals surface area contributed by atoms with E-state index < -0.39 is 0 Å². The molecule has 5 nitrogen and oxygen atoms in total. The number of hydrogen-bond acceptors (Lipinski definition) is 4. The maximum atomic E-state index is 12.3. The van der Waals surface area contributed by atoms with Crippen molar-refractivity contribution in [3.8, 4) is 0 Å². The molecule has 0 atom stereocenters. The van der Waals surface area contributed by atoms with E-state index in [1.165, 1.54) is 29.8 Å². The fourth-order valence-corrected chi connectivity index (χ4v) is 4.12. The normalized spacial score (nSPS) is 14.4. The number of aryl methyl sites for hydroxylation is 2. The van der Waals surface area contributed by atoms with Crippen molar-refractivity contribution in [2.75, 3.05) is 5.32 Å². The van der Waals surface area contributed by atoms with Crippen molar-refractivity contribution >= 4 is 33.3 Å². The number of H-pyrrole nitrogens is 1. The van der Waals surface area contributed by atoms with Crippen molar-refractivity contribution in [2.24, 2.45) is 0 Å². The molecule has 0 unspecified atom stereocenters. The molecule has 2 aromatic heterocycles. The quantitative estimate of drug-likeness (QED) is 0.724. The zero-order chi connectivity index (χ0) is 15.6. The zero-order valence-corrected chi connectivity index (χ0v) is 13.6. The highest BCUT2D eigenvalue weighted by Gasteiger charge is 2.16. The van der Waals surface area contributed by atoms with Gasteiger partial charge in [-0.3, -0.25) is 9.89 Å². The molecule has 3 aromatic rings. The van der Waals surface area contributed by atoms with Gasteiger partial charge in [-0.05, 0) is 31.7 Å². The molecule has 0 saturated carbocycles. The van der Waals surface area contributed by atoms with E-state index >= 15 is 0 Å². The fraction of sp³-hybridized carbons (Fsp3) is 0.353. The van der Waals surface area contributed by atoms with E-state index in [0.29, 0.717) is 0 Å². The van der Waals surface area contributed by atoms with Crippen LogP contribution in [0.1, 0.15) is 35.5 Å². The van der Waals surface area contributed by atoms with Gasteiger partial charge < -0.3 is 5.32 Å². The number of nitrogens with one attached hydrogen (secondary N) is 2. The Morgan fingerprint density at radius 3 is 3.04 bits per heavy atom. The van der Waals surface area contributed by atoms with Crippen molar-refractivity contribution in [2.45, 2.75) is 38.5 Å². The van der Waals surface area contributed by atoms with Crippen LogP contribution in [0.15, 0.2) is 24.3 Å². The van der Waals surface area contributed by atoms with Crippen LogP contribution in [-0.4, -0.2) is 21.1 Å². The van der Waals surface area contributed by atoms with Gasteiger partial charge in [-0.15, -0.1) is 11.3 Å². The van der Waals surface area contributed by atoms with Crippen LogP contribution in [0, 0.1) is 0 Å². The lowest BCUT2D eigenvalue weighted by atomic mass is 10.1. The van der Waals surface area contributed by atoms with Crippen molar-refractivity contribution in [3.63, 3.8) is 0 Å². The highest BCUT2D eigenvalue weighted by atomic mass is 32.1. The standard InChI is InChI=1S/C17H18N4OS/c22-16(10-14-11-6-4-5-7-12(11)20-21-14)19-17-18-13-8-2-1-3-9-15(13)23-17/h4-7H,1-3,8-10H2,(H,20,21)(H,18,19,22). The van der Waals surface area contributed by atoms with E-state index in [4.69, 9.17) is 0 Å². The largest absolute Gasteiger partial charge is 0.302 e. The summed E-state index contributed by atoms with van der Waals surface area (Å²) in [5.41, 5.74) is 2.90. The first-order valence-corrected chi connectivity index (χ1v) is 8.81. The first-order valence-electron chi connectivity index (χ1n) is 8.00. The maximum Gasteiger partial charge on any atom is 0.232 e. The number of aromatic amines is 1. The van der Waals surface area contributed by atoms with Crippen LogP contribution < -0.4 is 5.32 Å². The molecule has 0 bridgehead atoms. The van der Waals surface area contributed by atoms with Gasteiger partial charge in [0.2, 0.25) is 5.91 Å². The molecular formula is C17H18N4OS. The van der Waals surface area contributed by atoms with Crippen LogP contribution in [0.2, 0.25) is 0 Å². The Balaban J connectivity index is 1.48. The summed E-state index contributed by atoms with van der Waals surface area (Å²) in [5, 5.41) is 11.9. The number of rotatable bonds is 3.